The molecule has 4 atom stereocenters. The molecule has 6 nitrogen and oxygen atoms in total. The molecule has 0 heterocycles. The van der Waals surface area contributed by atoms with E-state index in [0.29, 0.717) is 12.8 Å². The van der Waals surface area contributed by atoms with Gasteiger partial charge >= 0.3 is 21.1 Å². The van der Waals surface area contributed by atoms with Crippen LogP contribution in [0.1, 0.15) is 131 Å². The Morgan fingerprint density at radius 1 is 0.515 bits per heavy atom. The van der Waals surface area contributed by atoms with E-state index in [1.807, 2.05) is 27.7 Å². The summed E-state index contributed by atoms with van der Waals surface area (Å²) in [7, 11) is -8.84. The molecule has 0 spiro atoms. The van der Waals surface area contributed by atoms with Crippen molar-refractivity contribution in [3.8, 4) is 0 Å². The van der Waals surface area contributed by atoms with Gasteiger partial charge in [-0.15, -0.1) is 0 Å². The summed E-state index contributed by atoms with van der Waals surface area (Å²) in [6.07, 6.45) is 12.1. The maximum absolute atomic E-state index is 11.3. The van der Waals surface area contributed by atoms with E-state index in [1.165, 1.54) is 0 Å². The molecule has 198 valence electrons. The second-order valence-corrected chi connectivity index (χ2v) is 12.6. The zero-order valence-electron chi connectivity index (χ0n) is 22.0. The Labute approximate surface area is 219 Å². The van der Waals surface area contributed by atoms with Crippen molar-refractivity contribution in [2.24, 2.45) is 11.8 Å². The maximum Gasteiger partial charge on any atom is 4.00 e. The van der Waals surface area contributed by atoms with Crippen molar-refractivity contribution in [3.05, 3.63) is 0 Å². The molecule has 0 saturated heterocycles. The zero-order valence-corrected chi connectivity index (χ0v) is 25.8. The van der Waals surface area contributed by atoms with Crippen molar-refractivity contribution in [2.45, 2.75) is 143 Å². The Kier molecular flexibility index (Phi) is 25.9. The van der Waals surface area contributed by atoms with Crippen LogP contribution in [-0.4, -0.2) is 11.3 Å². The molecule has 0 rings (SSSR count). The predicted molar refractivity (Wildman–Crippen MR) is 128 cm³/mol. The van der Waals surface area contributed by atoms with Crippen LogP contribution in [0.25, 0.3) is 0 Å². The largest absolute Gasteiger partial charge is 4.00 e. The van der Waals surface area contributed by atoms with Crippen molar-refractivity contribution < 1.29 is 49.8 Å². The summed E-state index contributed by atoms with van der Waals surface area (Å²) in [5.74, 6) is 0.125. The molecule has 33 heavy (non-hydrogen) atoms. The van der Waals surface area contributed by atoms with E-state index < -0.39 is 26.5 Å². The molecule has 0 aliphatic rings. The van der Waals surface area contributed by atoms with Gasteiger partial charge in [0.25, 0.3) is 0 Å². The summed E-state index contributed by atoms with van der Waals surface area (Å²) in [6.45, 7) is 12.2. The van der Waals surface area contributed by atoms with E-state index in [4.69, 9.17) is 0 Å². The second kappa shape index (κ2) is 22.2. The monoisotopic (exact) mass is 594 g/mol. The van der Waals surface area contributed by atoms with E-state index in [2.05, 4.69) is 13.8 Å². The predicted octanol–water partition coefficient (Wildman–Crippen LogP) is 5.35. The number of hydrogen-bond acceptors (Lipinski definition) is 6. The second-order valence-electron chi connectivity index (χ2n) is 9.12. The molecule has 0 aromatic carbocycles. The Morgan fingerprint density at radius 3 is 0.939 bits per heavy atom. The van der Waals surface area contributed by atoms with Gasteiger partial charge in [0.05, 0.1) is 0 Å². The average molecular weight is 593 g/mol. The Balaban J connectivity index is -0.000000529. The Bertz CT molecular complexity index is 477. The van der Waals surface area contributed by atoms with Crippen molar-refractivity contribution in [3.63, 3.8) is 0 Å². The van der Waals surface area contributed by atoms with E-state index >= 15 is 0 Å². The third-order valence-corrected chi connectivity index (χ3v) is 9.50. The minimum atomic E-state index is -4.42. The minimum absolute atomic E-state index is 0. The van der Waals surface area contributed by atoms with E-state index in [9.17, 15) is 28.7 Å². The standard InChI is InChI=1S/2C12H27O3P.Mo/c2*1-4-7-9-11(6-3)12(10-8-5-2)16(13,14)15;/h2*11-12H,4-10H2,1-3H3,(H2,13,14,15);/q;;+4/p-4. The molecule has 0 aromatic rings. The normalized spacial score (nSPS) is 15.6. The number of unbranched alkanes of at least 4 members (excludes halogenated alkanes) is 4. The first-order chi connectivity index (χ1) is 14.9. The van der Waals surface area contributed by atoms with Crippen LogP contribution in [0.4, 0.5) is 0 Å². The van der Waals surface area contributed by atoms with E-state index in [1.54, 1.807) is 0 Å². The molecule has 0 aromatic heterocycles. The minimum Gasteiger partial charge on any atom is -0.811 e. The van der Waals surface area contributed by atoms with Crippen LogP contribution in [0.15, 0.2) is 0 Å². The van der Waals surface area contributed by atoms with Crippen molar-refractivity contribution in [1.29, 1.82) is 0 Å². The fraction of sp³-hybridized carbons (Fsp3) is 1.00. The van der Waals surface area contributed by atoms with Gasteiger partial charge in [0.15, 0.2) is 0 Å². The molecule has 0 saturated carbocycles. The Morgan fingerprint density at radius 2 is 0.758 bits per heavy atom. The van der Waals surface area contributed by atoms with E-state index in [-0.39, 0.29) is 32.9 Å². The maximum atomic E-state index is 11.3. The van der Waals surface area contributed by atoms with Crippen LogP contribution in [-0.2, 0) is 30.2 Å². The third-order valence-electron chi connectivity index (χ3n) is 6.51. The molecule has 0 bridgehead atoms. The first-order valence-corrected chi connectivity index (χ1v) is 16.2. The van der Waals surface area contributed by atoms with Gasteiger partial charge in [0.1, 0.15) is 0 Å². The molecule has 4 unspecified atom stereocenters. The number of rotatable bonds is 18. The van der Waals surface area contributed by atoms with Crippen molar-refractivity contribution >= 4 is 15.2 Å². The van der Waals surface area contributed by atoms with Gasteiger partial charge in [-0.05, 0) is 48.8 Å². The van der Waals surface area contributed by atoms with Gasteiger partial charge in [0.2, 0.25) is 0 Å². The fourth-order valence-electron chi connectivity index (χ4n) is 4.40. The molecule has 0 radical (unpaired) electrons. The number of hydrogen-bond donors (Lipinski definition) is 0. The molecule has 0 aliphatic carbocycles. The van der Waals surface area contributed by atoms with Crippen LogP contribution < -0.4 is 19.6 Å². The van der Waals surface area contributed by atoms with Gasteiger partial charge in [-0.3, -0.25) is 0 Å². The van der Waals surface area contributed by atoms with Crippen molar-refractivity contribution in [1.82, 2.24) is 0 Å². The topological polar surface area (TPSA) is 126 Å². The summed E-state index contributed by atoms with van der Waals surface area (Å²) < 4.78 is 22.5. The summed E-state index contributed by atoms with van der Waals surface area (Å²) in [4.78, 5) is 45.1. The molecule has 9 heteroatoms. The van der Waals surface area contributed by atoms with Crippen LogP contribution in [0, 0.1) is 11.8 Å². The summed E-state index contributed by atoms with van der Waals surface area (Å²) in [6, 6.07) is 0. The molecular weight excluding hydrogens is 542 g/mol. The van der Waals surface area contributed by atoms with Gasteiger partial charge in [-0.25, -0.2) is 0 Å². The van der Waals surface area contributed by atoms with Gasteiger partial charge in [-0.1, -0.05) is 121 Å². The fourth-order valence-corrected chi connectivity index (χ4v) is 7.15. The first-order valence-electron chi connectivity index (χ1n) is 13.0. The van der Waals surface area contributed by atoms with Gasteiger partial charge in [0, 0.05) is 0 Å². The summed E-state index contributed by atoms with van der Waals surface area (Å²) >= 11 is 0. The van der Waals surface area contributed by atoms with Crippen molar-refractivity contribution in [2.75, 3.05) is 0 Å². The van der Waals surface area contributed by atoms with Gasteiger partial charge in [-0.2, -0.15) is 0 Å². The molecular formula is C24H50MoO6P2. The molecule has 0 N–H and O–H groups in total. The quantitative estimate of drug-likeness (QED) is 0.156. The van der Waals surface area contributed by atoms with Crippen LogP contribution in [0.3, 0.4) is 0 Å². The van der Waals surface area contributed by atoms with Crippen LogP contribution in [0.5, 0.6) is 0 Å². The molecule has 0 fully saturated rings. The van der Waals surface area contributed by atoms with Gasteiger partial charge < -0.3 is 28.7 Å². The SMILES string of the molecule is CCCCC(CC)C(CCCC)P(=O)([O-])[O-].CCCCC(CC)C(CCCC)P(=O)([O-])[O-].[Mo+4]. The zero-order chi connectivity index (χ0) is 25.2. The molecule has 0 amide bonds. The smallest absolute Gasteiger partial charge is 0.811 e. The summed E-state index contributed by atoms with van der Waals surface area (Å²) in [5, 5.41) is 0. The Hall–Kier alpha value is 0.988. The first kappa shape index (κ1) is 38.5. The third kappa shape index (κ3) is 18.9. The summed E-state index contributed by atoms with van der Waals surface area (Å²) in [5.41, 5.74) is -1.27. The molecule has 0 aliphatic heterocycles. The average Bonchev–Trinajstić information content (AvgIpc) is 2.71. The van der Waals surface area contributed by atoms with E-state index in [0.717, 1.165) is 77.0 Å². The van der Waals surface area contributed by atoms with Crippen LogP contribution >= 0.6 is 15.2 Å². The van der Waals surface area contributed by atoms with Crippen LogP contribution in [0.2, 0.25) is 0 Å².